The lowest BCUT2D eigenvalue weighted by atomic mass is 10.3. The van der Waals surface area contributed by atoms with E-state index >= 15 is 0 Å². The summed E-state index contributed by atoms with van der Waals surface area (Å²) in [5.74, 6) is 0.715. The van der Waals surface area contributed by atoms with Crippen LogP contribution < -0.4 is 10.2 Å². The molecule has 0 saturated carbocycles. The van der Waals surface area contributed by atoms with E-state index in [1.807, 2.05) is 5.38 Å². The number of carbonyl (C=O) groups is 1. The van der Waals surface area contributed by atoms with Crippen molar-refractivity contribution in [2.24, 2.45) is 0 Å². The monoisotopic (exact) mass is 290 g/mol. The van der Waals surface area contributed by atoms with Crippen LogP contribution in [0.5, 0.6) is 0 Å². The first-order valence-electron chi connectivity index (χ1n) is 6.30. The molecule has 1 aliphatic rings. The lowest BCUT2D eigenvalue weighted by molar-refractivity contribution is 0.208. The van der Waals surface area contributed by atoms with Crippen molar-refractivity contribution >= 4 is 28.4 Å². The molecule has 104 valence electrons. The summed E-state index contributed by atoms with van der Waals surface area (Å²) in [5, 5.41) is 5.25. The molecular weight excluding hydrogens is 276 g/mol. The Morgan fingerprint density at radius 3 is 2.50 bits per heavy atom. The second kappa shape index (κ2) is 5.83. The predicted molar refractivity (Wildman–Crippen MR) is 77.0 cm³/mol. The van der Waals surface area contributed by atoms with Crippen molar-refractivity contribution in [3.63, 3.8) is 0 Å². The van der Waals surface area contributed by atoms with Gasteiger partial charge in [0.15, 0.2) is 5.13 Å². The van der Waals surface area contributed by atoms with Crippen molar-refractivity contribution in [1.82, 2.24) is 19.9 Å². The number of anilines is 2. The highest BCUT2D eigenvalue weighted by Gasteiger charge is 2.22. The highest BCUT2D eigenvalue weighted by molar-refractivity contribution is 7.13. The van der Waals surface area contributed by atoms with E-state index in [0.717, 1.165) is 13.1 Å². The minimum Gasteiger partial charge on any atom is -0.337 e. The van der Waals surface area contributed by atoms with E-state index in [1.165, 1.54) is 11.3 Å². The zero-order chi connectivity index (χ0) is 13.8. The maximum absolute atomic E-state index is 12.0. The number of amides is 2. The van der Waals surface area contributed by atoms with E-state index in [2.05, 4.69) is 25.2 Å². The number of nitrogens with one attached hydrogen (secondary N) is 1. The summed E-state index contributed by atoms with van der Waals surface area (Å²) >= 11 is 1.41. The van der Waals surface area contributed by atoms with E-state index in [9.17, 15) is 4.79 Å². The first-order valence-corrected chi connectivity index (χ1v) is 7.18. The fraction of sp³-hybridized carbons (Fsp3) is 0.333. The van der Waals surface area contributed by atoms with Crippen LogP contribution in [-0.2, 0) is 0 Å². The summed E-state index contributed by atoms with van der Waals surface area (Å²) in [6, 6.07) is 1.69. The molecule has 20 heavy (non-hydrogen) atoms. The molecule has 1 fully saturated rings. The number of rotatable bonds is 2. The Balaban J connectivity index is 1.54. The summed E-state index contributed by atoms with van der Waals surface area (Å²) in [4.78, 5) is 28.4. The maximum Gasteiger partial charge on any atom is 0.323 e. The molecule has 0 aliphatic carbocycles. The first kappa shape index (κ1) is 12.8. The maximum atomic E-state index is 12.0. The van der Waals surface area contributed by atoms with Gasteiger partial charge in [-0.15, -0.1) is 11.3 Å². The van der Waals surface area contributed by atoms with Crippen LogP contribution in [0.15, 0.2) is 30.0 Å². The van der Waals surface area contributed by atoms with Crippen LogP contribution in [0.2, 0.25) is 0 Å². The van der Waals surface area contributed by atoms with Gasteiger partial charge in [0.25, 0.3) is 0 Å². The Morgan fingerprint density at radius 1 is 1.10 bits per heavy atom. The second-order valence-electron chi connectivity index (χ2n) is 4.29. The van der Waals surface area contributed by atoms with Crippen molar-refractivity contribution in [1.29, 1.82) is 0 Å². The van der Waals surface area contributed by atoms with Gasteiger partial charge >= 0.3 is 6.03 Å². The normalized spacial score (nSPS) is 15.2. The van der Waals surface area contributed by atoms with E-state index in [1.54, 1.807) is 29.6 Å². The number of hydrogen-bond donors (Lipinski definition) is 1. The van der Waals surface area contributed by atoms with Gasteiger partial charge < -0.3 is 9.80 Å². The van der Waals surface area contributed by atoms with Crippen LogP contribution >= 0.6 is 11.3 Å². The molecule has 3 heterocycles. The molecule has 1 aliphatic heterocycles. The topological polar surface area (TPSA) is 74.2 Å². The minimum absolute atomic E-state index is 0.103. The van der Waals surface area contributed by atoms with Gasteiger partial charge in [0.2, 0.25) is 5.95 Å². The third kappa shape index (κ3) is 2.85. The number of urea groups is 1. The number of piperazine rings is 1. The smallest absolute Gasteiger partial charge is 0.323 e. The average Bonchev–Trinajstić information content (AvgIpc) is 3.01. The Labute approximate surface area is 120 Å². The number of aromatic nitrogens is 3. The summed E-state index contributed by atoms with van der Waals surface area (Å²) < 4.78 is 0. The highest BCUT2D eigenvalue weighted by atomic mass is 32.1. The summed E-state index contributed by atoms with van der Waals surface area (Å²) in [5.41, 5.74) is 0. The largest absolute Gasteiger partial charge is 0.337 e. The third-order valence-corrected chi connectivity index (χ3v) is 3.74. The zero-order valence-corrected chi connectivity index (χ0v) is 11.6. The van der Waals surface area contributed by atoms with Crippen LogP contribution in [0.1, 0.15) is 0 Å². The number of thiazole rings is 1. The molecule has 8 heteroatoms. The number of nitrogens with zero attached hydrogens (tertiary/aromatic N) is 5. The molecule has 0 bridgehead atoms. The Morgan fingerprint density at radius 2 is 1.85 bits per heavy atom. The van der Waals surface area contributed by atoms with Crippen molar-refractivity contribution in [3.8, 4) is 0 Å². The zero-order valence-electron chi connectivity index (χ0n) is 10.8. The first-order chi connectivity index (χ1) is 9.83. The van der Waals surface area contributed by atoms with Crippen LogP contribution in [0.25, 0.3) is 0 Å². The summed E-state index contributed by atoms with van der Waals surface area (Å²) in [6.45, 7) is 2.76. The molecule has 1 saturated heterocycles. The van der Waals surface area contributed by atoms with Gasteiger partial charge in [0.1, 0.15) is 0 Å². The lowest BCUT2D eigenvalue weighted by Crippen LogP contribution is -2.50. The number of hydrogen-bond acceptors (Lipinski definition) is 6. The lowest BCUT2D eigenvalue weighted by Gasteiger charge is -2.34. The second-order valence-corrected chi connectivity index (χ2v) is 5.18. The molecule has 0 spiro atoms. The molecule has 0 atom stereocenters. The fourth-order valence-corrected chi connectivity index (χ4v) is 2.54. The van der Waals surface area contributed by atoms with Crippen LogP contribution in [-0.4, -0.2) is 52.1 Å². The SMILES string of the molecule is O=C(Nc1nccs1)N1CCN(c2ncccn2)CC1. The van der Waals surface area contributed by atoms with Crippen LogP contribution in [0.4, 0.5) is 15.9 Å². The van der Waals surface area contributed by atoms with Crippen molar-refractivity contribution in [3.05, 3.63) is 30.0 Å². The van der Waals surface area contributed by atoms with Gasteiger partial charge in [0.05, 0.1) is 0 Å². The molecule has 3 rings (SSSR count). The minimum atomic E-state index is -0.103. The molecule has 0 aromatic carbocycles. The molecule has 7 nitrogen and oxygen atoms in total. The van der Waals surface area contributed by atoms with Gasteiger partial charge in [-0.05, 0) is 6.07 Å². The molecule has 2 amide bonds. The van der Waals surface area contributed by atoms with Gasteiger partial charge in [-0.2, -0.15) is 0 Å². The van der Waals surface area contributed by atoms with Crippen LogP contribution in [0, 0.1) is 0 Å². The molecule has 0 unspecified atom stereocenters. The van der Waals surface area contributed by atoms with E-state index in [-0.39, 0.29) is 6.03 Å². The summed E-state index contributed by atoms with van der Waals surface area (Å²) in [6.07, 6.45) is 5.12. The predicted octanol–water partition coefficient (Wildman–Crippen LogP) is 1.29. The van der Waals surface area contributed by atoms with Gasteiger partial charge in [-0.1, -0.05) is 0 Å². The Kier molecular flexibility index (Phi) is 3.73. The van der Waals surface area contributed by atoms with E-state index in [0.29, 0.717) is 24.2 Å². The molecule has 1 N–H and O–H groups in total. The van der Waals surface area contributed by atoms with Gasteiger partial charge in [0, 0.05) is 50.1 Å². The van der Waals surface area contributed by atoms with E-state index < -0.39 is 0 Å². The van der Waals surface area contributed by atoms with E-state index in [4.69, 9.17) is 0 Å². The van der Waals surface area contributed by atoms with Crippen molar-refractivity contribution in [2.75, 3.05) is 36.4 Å². The van der Waals surface area contributed by atoms with Crippen LogP contribution in [0.3, 0.4) is 0 Å². The van der Waals surface area contributed by atoms with Gasteiger partial charge in [-0.25, -0.2) is 19.7 Å². The summed E-state index contributed by atoms with van der Waals surface area (Å²) in [7, 11) is 0. The number of carbonyl (C=O) groups excluding carboxylic acids is 1. The van der Waals surface area contributed by atoms with Crippen molar-refractivity contribution < 1.29 is 4.79 Å². The molecule has 0 radical (unpaired) electrons. The molecular formula is C12H14N6OS. The third-order valence-electron chi connectivity index (χ3n) is 3.05. The van der Waals surface area contributed by atoms with Gasteiger partial charge in [-0.3, -0.25) is 5.32 Å². The molecule has 2 aromatic heterocycles. The highest BCUT2D eigenvalue weighted by Crippen LogP contribution is 2.13. The Hall–Kier alpha value is -2.22. The Bertz CT molecular complexity index is 553. The fourth-order valence-electron chi connectivity index (χ4n) is 2.02. The standard InChI is InChI=1S/C12H14N6OS/c19-12(16-11-15-4-9-20-11)18-7-5-17(6-8-18)10-13-2-1-3-14-10/h1-4,9H,5-8H2,(H,15,16,19). The average molecular weight is 290 g/mol. The molecule has 2 aromatic rings. The quantitative estimate of drug-likeness (QED) is 0.902. The van der Waals surface area contributed by atoms with Crippen molar-refractivity contribution in [2.45, 2.75) is 0 Å².